The largest absolute Gasteiger partial charge is 0.494 e. The maximum absolute atomic E-state index is 14.0. The van der Waals surface area contributed by atoms with E-state index in [1.165, 1.54) is 17.6 Å². The fourth-order valence-corrected chi connectivity index (χ4v) is 3.25. The van der Waals surface area contributed by atoms with Gasteiger partial charge < -0.3 is 4.74 Å². The number of benzene rings is 1. The van der Waals surface area contributed by atoms with Crippen molar-refractivity contribution in [2.75, 3.05) is 7.11 Å². The maximum Gasteiger partial charge on any atom is 0.168 e. The summed E-state index contributed by atoms with van der Waals surface area (Å²) in [5.74, 6) is 0.151. The molecule has 3 heteroatoms. The van der Waals surface area contributed by atoms with Gasteiger partial charge in [0.2, 0.25) is 0 Å². The van der Waals surface area contributed by atoms with E-state index in [2.05, 4.69) is 11.4 Å². The van der Waals surface area contributed by atoms with Crippen molar-refractivity contribution in [2.45, 2.75) is 12.8 Å². The van der Waals surface area contributed by atoms with E-state index in [4.69, 9.17) is 4.74 Å². The van der Waals surface area contributed by atoms with Crippen LogP contribution in [0.25, 0.3) is 10.4 Å². The number of thiophene rings is 1. The Bertz CT molecular complexity index is 545. The number of aryl methyl sites for hydroxylation is 1. The van der Waals surface area contributed by atoms with Gasteiger partial charge in [0.1, 0.15) is 0 Å². The minimum absolute atomic E-state index is 0.195. The minimum Gasteiger partial charge on any atom is -0.494 e. The van der Waals surface area contributed by atoms with Crippen LogP contribution in [0.2, 0.25) is 0 Å². The van der Waals surface area contributed by atoms with E-state index in [-0.39, 0.29) is 5.82 Å². The highest BCUT2D eigenvalue weighted by atomic mass is 32.1. The normalized spacial score (nSPS) is 13.1. The topological polar surface area (TPSA) is 9.23 Å². The van der Waals surface area contributed by atoms with Crippen molar-refractivity contribution in [1.29, 1.82) is 0 Å². The smallest absolute Gasteiger partial charge is 0.168 e. The van der Waals surface area contributed by atoms with Gasteiger partial charge in [-0.2, -0.15) is 0 Å². The Hall–Kier alpha value is -1.35. The zero-order chi connectivity index (χ0) is 11.1. The Balaban J connectivity index is 2.24. The lowest BCUT2D eigenvalue weighted by atomic mass is 9.91. The second-order valence-corrected chi connectivity index (χ2v) is 4.80. The number of methoxy groups -OCH3 is 1. The molecule has 0 radical (unpaired) electrons. The average Bonchev–Trinajstić information content (AvgIpc) is 2.77. The maximum atomic E-state index is 14.0. The Morgan fingerprint density at radius 1 is 1.25 bits per heavy atom. The Kier molecular flexibility index (Phi) is 2.21. The number of fused-ring (bicyclic) bond motifs is 3. The van der Waals surface area contributed by atoms with E-state index in [0.717, 1.165) is 24.0 Å². The van der Waals surface area contributed by atoms with Gasteiger partial charge in [0, 0.05) is 10.4 Å². The van der Waals surface area contributed by atoms with Crippen molar-refractivity contribution in [3.63, 3.8) is 0 Å². The molecule has 1 nitrogen and oxygen atoms in total. The Morgan fingerprint density at radius 3 is 2.94 bits per heavy atom. The van der Waals surface area contributed by atoms with Crippen molar-refractivity contribution < 1.29 is 9.13 Å². The van der Waals surface area contributed by atoms with Crippen LogP contribution in [0.5, 0.6) is 5.75 Å². The molecule has 16 heavy (non-hydrogen) atoms. The van der Waals surface area contributed by atoms with Crippen LogP contribution in [0, 0.1) is 5.82 Å². The van der Waals surface area contributed by atoms with Crippen LogP contribution in [0.4, 0.5) is 4.39 Å². The molecule has 0 spiro atoms. The predicted octanol–water partition coefficient (Wildman–Crippen LogP) is 3.66. The van der Waals surface area contributed by atoms with Crippen LogP contribution >= 0.6 is 11.3 Å². The average molecular weight is 234 g/mol. The van der Waals surface area contributed by atoms with Crippen LogP contribution in [0.3, 0.4) is 0 Å². The molecule has 0 unspecified atom stereocenters. The second kappa shape index (κ2) is 3.59. The number of hydrogen-bond donors (Lipinski definition) is 0. The van der Waals surface area contributed by atoms with Crippen molar-refractivity contribution >= 4 is 11.3 Å². The summed E-state index contributed by atoms with van der Waals surface area (Å²) in [5, 5.41) is 2.07. The van der Waals surface area contributed by atoms with E-state index in [1.54, 1.807) is 17.4 Å². The molecule has 0 saturated carbocycles. The van der Waals surface area contributed by atoms with Gasteiger partial charge in [0.05, 0.1) is 7.11 Å². The molecule has 0 bridgehead atoms. The molecule has 82 valence electrons. The lowest BCUT2D eigenvalue weighted by Crippen LogP contribution is -2.05. The monoisotopic (exact) mass is 234 g/mol. The molecule has 1 aromatic carbocycles. The number of hydrogen-bond acceptors (Lipinski definition) is 2. The zero-order valence-electron chi connectivity index (χ0n) is 8.92. The summed E-state index contributed by atoms with van der Waals surface area (Å²) in [6.45, 7) is 0. The van der Waals surface area contributed by atoms with Gasteiger partial charge in [0.15, 0.2) is 11.6 Å². The van der Waals surface area contributed by atoms with Gasteiger partial charge in [-0.1, -0.05) is 0 Å². The molecule has 1 aromatic heterocycles. The highest BCUT2D eigenvalue weighted by Crippen LogP contribution is 2.40. The van der Waals surface area contributed by atoms with Crippen molar-refractivity contribution in [3.8, 4) is 16.2 Å². The quantitative estimate of drug-likeness (QED) is 0.731. The van der Waals surface area contributed by atoms with Crippen LogP contribution in [-0.4, -0.2) is 7.11 Å². The molecule has 0 amide bonds. The highest BCUT2D eigenvalue weighted by Gasteiger charge is 2.22. The first kappa shape index (κ1) is 9.85. The van der Waals surface area contributed by atoms with Crippen LogP contribution in [-0.2, 0) is 12.8 Å². The summed E-state index contributed by atoms with van der Waals surface area (Å²) in [4.78, 5) is 1.21. The van der Waals surface area contributed by atoms with E-state index in [9.17, 15) is 4.39 Å². The van der Waals surface area contributed by atoms with Crippen molar-refractivity contribution in [3.05, 3.63) is 40.5 Å². The zero-order valence-corrected chi connectivity index (χ0v) is 9.73. The van der Waals surface area contributed by atoms with E-state index in [1.807, 2.05) is 6.07 Å². The lowest BCUT2D eigenvalue weighted by molar-refractivity contribution is 0.384. The molecule has 0 saturated heterocycles. The van der Waals surface area contributed by atoms with Gasteiger partial charge in [-0.05, 0) is 47.5 Å². The van der Waals surface area contributed by atoms with Gasteiger partial charge in [-0.15, -0.1) is 11.3 Å². The summed E-state index contributed by atoms with van der Waals surface area (Å²) < 4.78 is 19.0. The molecule has 1 aliphatic rings. The number of rotatable bonds is 1. The SMILES string of the molecule is COc1ccc2c(c1F)CCc1ccsc1-2. The molecule has 1 heterocycles. The Morgan fingerprint density at radius 2 is 2.12 bits per heavy atom. The van der Waals surface area contributed by atoms with E-state index >= 15 is 0 Å². The number of halogens is 1. The summed E-state index contributed by atoms with van der Waals surface area (Å²) >= 11 is 1.68. The minimum atomic E-state index is -0.195. The van der Waals surface area contributed by atoms with Crippen LogP contribution in [0.1, 0.15) is 11.1 Å². The molecule has 0 N–H and O–H groups in total. The first-order valence-electron chi connectivity index (χ1n) is 5.23. The third kappa shape index (κ3) is 1.28. The van der Waals surface area contributed by atoms with Gasteiger partial charge in [-0.3, -0.25) is 0 Å². The van der Waals surface area contributed by atoms with E-state index < -0.39 is 0 Å². The molecule has 2 aromatic rings. The first-order chi connectivity index (χ1) is 7.81. The molecule has 0 atom stereocenters. The standard InChI is InChI=1S/C13H11FOS/c1-15-11-5-4-10-9(12(11)14)3-2-8-6-7-16-13(8)10/h4-7H,2-3H2,1H3. The fraction of sp³-hybridized carbons (Fsp3) is 0.231. The molecule has 0 aliphatic heterocycles. The summed E-state index contributed by atoms with van der Waals surface area (Å²) in [5.41, 5.74) is 3.17. The molecule has 0 fully saturated rings. The highest BCUT2D eigenvalue weighted by molar-refractivity contribution is 7.13. The molecule has 1 aliphatic carbocycles. The van der Waals surface area contributed by atoms with Gasteiger partial charge in [0.25, 0.3) is 0 Å². The lowest BCUT2D eigenvalue weighted by Gasteiger charge is -2.18. The second-order valence-electron chi connectivity index (χ2n) is 3.88. The fourth-order valence-electron chi connectivity index (χ4n) is 2.24. The van der Waals surface area contributed by atoms with Crippen molar-refractivity contribution in [1.82, 2.24) is 0 Å². The van der Waals surface area contributed by atoms with E-state index in [0.29, 0.717) is 5.75 Å². The molecular weight excluding hydrogens is 223 g/mol. The third-order valence-corrected chi connectivity index (χ3v) is 4.05. The van der Waals surface area contributed by atoms with Gasteiger partial charge >= 0.3 is 0 Å². The predicted molar refractivity (Wildman–Crippen MR) is 63.7 cm³/mol. The number of ether oxygens (including phenoxy) is 1. The van der Waals surface area contributed by atoms with Gasteiger partial charge in [-0.25, -0.2) is 4.39 Å². The Labute approximate surface area is 97.5 Å². The van der Waals surface area contributed by atoms with Crippen LogP contribution < -0.4 is 4.74 Å². The summed E-state index contributed by atoms with van der Waals surface area (Å²) in [6, 6.07) is 5.81. The summed E-state index contributed by atoms with van der Waals surface area (Å²) in [6.07, 6.45) is 1.69. The van der Waals surface area contributed by atoms with Crippen LogP contribution in [0.15, 0.2) is 23.6 Å². The summed E-state index contributed by atoms with van der Waals surface area (Å²) in [7, 11) is 1.50. The molecule has 3 rings (SSSR count). The van der Waals surface area contributed by atoms with Crippen molar-refractivity contribution in [2.24, 2.45) is 0 Å². The first-order valence-corrected chi connectivity index (χ1v) is 6.11. The molecular formula is C13H11FOS. The third-order valence-electron chi connectivity index (χ3n) is 3.06.